The Bertz CT molecular complexity index is 1400. The summed E-state index contributed by atoms with van der Waals surface area (Å²) < 4.78 is 0. The Hall–Kier alpha value is -4.11. The fourth-order valence-corrected chi connectivity index (χ4v) is 5.29. The van der Waals surface area contributed by atoms with E-state index in [1.54, 1.807) is 16.7 Å². The molecule has 0 radical (unpaired) electrons. The summed E-state index contributed by atoms with van der Waals surface area (Å²) in [4.78, 5) is 52.3. The zero-order valence-corrected chi connectivity index (χ0v) is 20.8. The molecule has 8 nitrogen and oxygen atoms in total. The molecule has 4 rings (SSSR count). The SMILES string of the molecule is CSc1cccc(CN(C(=O)c2cc(C(=O)O)c(C(=O)O)cc2C(=O)O)[C@H]2CCCc3ccccc32)c1. The summed E-state index contributed by atoms with van der Waals surface area (Å²) in [5.41, 5.74) is 0.637. The minimum atomic E-state index is -1.59. The first-order valence-electron chi connectivity index (χ1n) is 11.6. The van der Waals surface area contributed by atoms with Crippen molar-refractivity contribution >= 4 is 35.6 Å². The lowest BCUT2D eigenvalue weighted by molar-refractivity contribution is 0.0611. The van der Waals surface area contributed by atoms with Crippen LogP contribution in [-0.4, -0.2) is 50.3 Å². The van der Waals surface area contributed by atoms with Gasteiger partial charge in [-0.2, -0.15) is 0 Å². The molecule has 0 spiro atoms. The van der Waals surface area contributed by atoms with Crippen molar-refractivity contribution in [3.8, 4) is 0 Å². The fraction of sp³-hybridized carbons (Fsp3) is 0.214. The Morgan fingerprint density at radius 1 is 0.838 bits per heavy atom. The molecule has 0 saturated heterocycles. The number of rotatable bonds is 8. The minimum Gasteiger partial charge on any atom is -0.478 e. The third-order valence-corrected chi connectivity index (χ3v) is 7.27. The van der Waals surface area contributed by atoms with E-state index in [-0.39, 0.29) is 18.2 Å². The number of nitrogens with zero attached hydrogens (tertiary/aromatic N) is 1. The number of carbonyl (C=O) groups is 4. The third kappa shape index (κ3) is 5.36. The van der Waals surface area contributed by atoms with Gasteiger partial charge < -0.3 is 20.2 Å². The second-order valence-corrected chi connectivity index (χ2v) is 9.63. The number of hydrogen-bond acceptors (Lipinski definition) is 5. The normalized spacial score (nSPS) is 14.5. The van der Waals surface area contributed by atoms with E-state index in [1.807, 2.05) is 54.8 Å². The van der Waals surface area contributed by atoms with Gasteiger partial charge in [0, 0.05) is 11.4 Å². The number of fused-ring (bicyclic) bond motifs is 1. The van der Waals surface area contributed by atoms with Crippen molar-refractivity contribution in [1.29, 1.82) is 0 Å². The van der Waals surface area contributed by atoms with E-state index < -0.39 is 40.5 Å². The van der Waals surface area contributed by atoms with Gasteiger partial charge >= 0.3 is 17.9 Å². The smallest absolute Gasteiger partial charge is 0.336 e. The van der Waals surface area contributed by atoms with Gasteiger partial charge in [0.15, 0.2) is 0 Å². The summed E-state index contributed by atoms with van der Waals surface area (Å²) in [5.74, 6) is -5.35. The number of benzene rings is 3. The molecule has 3 N–H and O–H groups in total. The Labute approximate surface area is 217 Å². The van der Waals surface area contributed by atoms with Crippen LogP contribution in [0.1, 0.15) is 77.0 Å². The van der Waals surface area contributed by atoms with E-state index in [2.05, 4.69) is 0 Å². The van der Waals surface area contributed by atoms with Crippen LogP contribution >= 0.6 is 11.8 Å². The summed E-state index contributed by atoms with van der Waals surface area (Å²) in [6.45, 7) is 0.161. The molecule has 3 aromatic rings. The molecule has 1 aliphatic rings. The maximum Gasteiger partial charge on any atom is 0.336 e. The maximum atomic E-state index is 14.1. The summed E-state index contributed by atoms with van der Waals surface area (Å²) in [7, 11) is 0. The lowest BCUT2D eigenvalue weighted by atomic mass is 9.86. The van der Waals surface area contributed by atoms with Crippen molar-refractivity contribution in [2.45, 2.75) is 36.7 Å². The zero-order valence-electron chi connectivity index (χ0n) is 20.0. The van der Waals surface area contributed by atoms with E-state index in [9.17, 15) is 34.5 Å². The predicted octanol–water partition coefficient (Wildman–Crippen LogP) is 5.22. The quantitative estimate of drug-likeness (QED) is 0.345. The molecular weight excluding hydrogens is 494 g/mol. The number of aromatic carboxylic acids is 3. The van der Waals surface area contributed by atoms with Crippen LogP contribution in [0.15, 0.2) is 65.6 Å². The Balaban J connectivity index is 1.89. The largest absolute Gasteiger partial charge is 0.478 e. The van der Waals surface area contributed by atoms with Gasteiger partial charge in [-0.3, -0.25) is 4.79 Å². The van der Waals surface area contributed by atoms with Crippen LogP contribution in [0.2, 0.25) is 0 Å². The number of aryl methyl sites for hydroxylation is 1. The van der Waals surface area contributed by atoms with E-state index in [0.29, 0.717) is 6.42 Å². The molecule has 0 bridgehead atoms. The van der Waals surface area contributed by atoms with Gasteiger partial charge in [-0.15, -0.1) is 11.8 Å². The van der Waals surface area contributed by atoms with Crippen LogP contribution in [0, 0.1) is 0 Å². The van der Waals surface area contributed by atoms with Gasteiger partial charge in [-0.25, -0.2) is 14.4 Å². The van der Waals surface area contributed by atoms with Crippen LogP contribution in [0.25, 0.3) is 0 Å². The highest BCUT2D eigenvalue weighted by molar-refractivity contribution is 7.98. The highest BCUT2D eigenvalue weighted by atomic mass is 32.2. The number of carboxylic acid groups (broad SMARTS) is 3. The first-order valence-corrected chi connectivity index (χ1v) is 12.8. The molecule has 0 unspecified atom stereocenters. The summed E-state index contributed by atoms with van der Waals surface area (Å²) in [6.07, 6.45) is 4.26. The summed E-state index contributed by atoms with van der Waals surface area (Å²) in [6, 6.07) is 16.7. The second kappa shape index (κ2) is 10.9. The van der Waals surface area contributed by atoms with Gasteiger partial charge in [0.05, 0.1) is 28.3 Å². The molecule has 0 saturated carbocycles. The first-order chi connectivity index (χ1) is 17.7. The summed E-state index contributed by atoms with van der Waals surface area (Å²) in [5, 5.41) is 28.9. The number of thioether (sulfide) groups is 1. The third-order valence-electron chi connectivity index (χ3n) is 6.54. The molecule has 1 aliphatic carbocycles. The number of carbonyl (C=O) groups excluding carboxylic acids is 1. The molecule has 0 aromatic heterocycles. The van der Waals surface area contributed by atoms with Gasteiger partial charge in [0.2, 0.25) is 0 Å². The van der Waals surface area contributed by atoms with Gasteiger partial charge in [0.1, 0.15) is 0 Å². The average molecular weight is 520 g/mol. The van der Waals surface area contributed by atoms with E-state index in [0.717, 1.165) is 46.6 Å². The average Bonchev–Trinajstić information content (AvgIpc) is 2.90. The van der Waals surface area contributed by atoms with Crippen molar-refractivity contribution in [2.75, 3.05) is 6.26 Å². The molecule has 0 aliphatic heterocycles. The maximum absolute atomic E-state index is 14.1. The van der Waals surface area contributed by atoms with E-state index in [4.69, 9.17) is 0 Å². The molecule has 3 aromatic carbocycles. The Morgan fingerprint density at radius 3 is 2.11 bits per heavy atom. The van der Waals surface area contributed by atoms with Crippen LogP contribution in [0.5, 0.6) is 0 Å². The molecule has 190 valence electrons. The van der Waals surface area contributed by atoms with Crippen LogP contribution in [0.3, 0.4) is 0 Å². The number of carboxylic acids is 3. The van der Waals surface area contributed by atoms with Crippen molar-refractivity contribution in [3.05, 3.63) is 99.6 Å². The van der Waals surface area contributed by atoms with Crippen molar-refractivity contribution in [1.82, 2.24) is 4.90 Å². The monoisotopic (exact) mass is 519 g/mol. The van der Waals surface area contributed by atoms with Crippen LogP contribution in [0.4, 0.5) is 0 Å². The standard InChI is InChI=1S/C28H25NO7S/c1-37-18-9-4-6-16(12-18)15-29(24-11-5-8-17-7-2-3-10-19(17)24)25(30)20-13-22(27(33)34)23(28(35)36)14-21(20)26(31)32/h2-4,6-7,9-10,12-14,24H,5,8,11,15H2,1H3,(H,31,32)(H,33,34)(H,35,36)/t24-/m0/s1. The highest BCUT2D eigenvalue weighted by Crippen LogP contribution is 2.37. The van der Waals surface area contributed by atoms with Crippen molar-refractivity contribution in [3.63, 3.8) is 0 Å². The van der Waals surface area contributed by atoms with Crippen molar-refractivity contribution < 1.29 is 34.5 Å². The summed E-state index contributed by atoms with van der Waals surface area (Å²) >= 11 is 1.55. The second-order valence-electron chi connectivity index (χ2n) is 8.75. The fourth-order valence-electron chi connectivity index (χ4n) is 4.81. The first kappa shape index (κ1) is 26.0. The predicted molar refractivity (Wildman–Crippen MR) is 138 cm³/mol. The molecule has 1 atom stereocenters. The van der Waals surface area contributed by atoms with Crippen molar-refractivity contribution in [2.24, 2.45) is 0 Å². The Kier molecular flexibility index (Phi) is 7.63. The molecule has 1 amide bonds. The highest BCUT2D eigenvalue weighted by Gasteiger charge is 2.33. The van der Waals surface area contributed by atoms with E-state index >= 15 is 0 Å². The Morgan fingerprint density at radius 2 is 1.46 bits per heavy atom. The molecular formula is C28H25NO7S. The van der Waals surface area contributed by atoms with Gasteiger partial charge in [-0.05, 0) is 66.5 Å². The molecule has 9 heteroatoms. The zero-order chi connectivity index (χ0) is 26.7. The van der Waals surface area contributed by atoms with Gasteiger partial charge in [0.25, 0.3) is 5.91 Å². The van der Waals surface area contributed by atoms with Crippen LogP contribution < -0.4 is 0 Å². The number of amides is 1. The topological polar surface area (TPSA) is 132 Å². The van der Waals surface area contributed by atoms with E-state index in [1.165, 1.54) is 0 Å². The lowest BCUT2D eigenvalue weighted by Gasteiger charge is -2.36. The minimum absolute atomic E-state index is 0.161. The lowest BCUT2D eigenvalue weighted by Crippen LogP contribution is -2.37. The number of hydrogen-bond donors (Lipinski definition) is 3. The molecule has 37 heavy (non-hydrogen) atoms. The van der Waals surface area contributed by atoms with Gasteiger partial charge in [-0.1, -0.05) is 36.4 Å². The van der Waals surface area contributed by atoms with Crippen LogP contribution in [-0.2, 0) is 13.0 Å². The molecule has 0 heterocycles. The molecule has 0 fully saturated rings.